The molecule has 2 bridgehead atoms. The molecule has 1 aliphatic carbocycles. The molecule has 182 valence electrons. The summed E-state index contributed by atoms with van der Waals surface area (Å²) in [6, 6.07) is 7.35. The van der Waals surface area contributed by atoms with Crippen molar-refractivity contribution in [3.8, 4) is 11.4 Å². The van der Waals surface area contributed by atoms with Crippen molar-refractivity contribution in [1.82, 2.24) is 19.7 Å². The fourth-order valence-corrected chi connectivity index (χ4v) is 5.45. The molecule has 6 rings (SSSR count). The van der Waals surface area contributed by atoms with Crippen LogP contribution in [0.15, 0.2) is 30.5 Å². The minimum Gasteiger partial charge on any atom is -0.465 e. The van der Waals surface area contributed by atoms with Gasteiger partial charge < -0.3 is 14.7 Å². The van der Waals surface area contributed by atoms with E-state index in [4.69, 9.17) is 19.8 Å². The number of nitrogens with zero attached hydrogens (tertiary/aromatic N) is 6. The number of carbonyl (C=O) groups is 2. The third-order valence-corrected chi connectivity index (χ3v) is 7.44. The Morgan fingerprint density at radius 1 is 1.06 bits per heavy atom. The zero-order chi connectivity index (χ0) is 24.1. The maximum Gasteiger partial charge on any atom is 0.411 e. The molecule has 35 heavy (non-hydrogen) atoms. The second-order valence-corrected chi connectivity index (χ2v) is 9.72. The summed E-state index contributed by atoms with van der Waals surface area (Å²) >= 11 is 0. The molecule has 10 heteroatoms. The number of morpholine rings is 1. The summed E-state index contributed by atoms with van der Waals surface area (Å²) in [5.74, 6) is 1.74. The van der Waals surface area contributed by atoms with Crippen LogP contribution < -0.4 is 9.80 Å². The van der Waals surface area contributed by atoms with Gasteiger partial charge in [-0.1, -0.05) is 0 Å². The Hall–Kier alpha value is -3.53. The molecule has 2 aromatic heterocycles. The second-order valence-electron chi connectivity index (χ2n) is 9.72. The molecule has 3 aliphatic rings. The van der Waals surface area contributed by atoms with Gasteiger partial charge in [0.2, 0.25) is 0 Å². The van der Waals surface area contributed by atoms with Crippen LogP contribution in [-0.2, 0) is 9.53 Å². The summed E-state index contributed by atoms with van der Waals surface area (Å²) in [4.78, 5) is 36.5. The van der Waals surface area contributed by atoms with E-state index < -0.39 is 6.09 Å². The Morgan fingerprint density at radius 2 is 1.74 bits per heavy atom. The molecule has 4 heterocycles. The van der Waals surface area contributed by atoms with E-state index in [2.05, 4.69) is 4.90 Å². The van der Waals surface area contributed by atoms with Gasteiger partial charge in [-0.2, -0.15) is 5.10 Å². The topological polar surface area (TPSA) is 114 Å². The summed E-state index contributed by atoms with van der Waals surface area (Å²) in [6.45, 7) is 1.57. The molecular weight excluding hydrogens is 448 g/mol. The Balaban J connectivity index is 1.43. The van der Waals surface area contributed by atoms with E-state index in [1.807, 2.05) is 23.0 Å². The van der Waals surface area contributed by atoms with Gasteiger partial charge in [-0.15, -0.1) is 0 Å². The lowest BCUT2D eigenvalue weighted by Gasteiger charge is -2.33. The quantitative estimate of drug-likeness (QED) is 0.607. The first-order chi connectivity index (χ1) is 17.0. The molecule has 0 spiro atoms. The normalized spacial score (nSPS) is 22.7. The molecule has 0 radical (unpaired) electrons. The average molecular weight is 477 g/mol. The molecule has 2 saturated heterocycles. The van der Waals surface area contributed by atoms with Gasteiger partial charge >= 0.3 is 6.09 Å². The van der Waals surface area contributed by atoms with E-state index in [9.17, 15) is 14.7 Å². The van der Waals surface area contributed by atoms with Crippen LogP contribution in [0.4, 0.5) is 16.3 Å². The zero-order valence-corrected chi connectivity index (χ0v) is 19.6. The number of amides is 1. The zero-order valence-electron chi connectivity index (χ0n) is 19.6. The Kier molecular flexibility index (Phi) is 5.40. The molecule has 10 nitrogen and oxygen atoms in total. The molecule has 3 fully saturated rings. The Morgan fingerprint density at radius 3 is 2.40 bits per heavy atom. The lowest BCUT2D eigenvalue weighted by molar-refractivity contribution is -0.120. The number of benzene rings is 1. The molecule has 2 unspecified atom stereocenters. The summed E-state index contributed by atoms with van der Waals surface area (Å²) in [7, 11) is 1.51. The highest BCUT2D eigenvalue weighted by atomic mass is 16.5. The fraction of sp³-hybridized carbons (Fsp3) is 0.480. The van der Waals surface area contributed by atoms with Crippen molar-refractivity contribution in [3.05, 3.63) is 30.5 Å². The largest absolute Gasteiger partial charge is 0.465 e. The maximum absolute atomic E-state index is 11.8. The van der Waals surface area contributed by atoms with E-state index in [0.717, 1.165) is 61.2 Å². The van der Waals surface area contributed by atoms with Gasteiger partial charge in [-0.05, 0) is 49.9 Å². The summed E-state index contributed by atoms with van der Waals surface area (Å²) in [5.41, 5.74) is 2.15. The van der Waals surface area contributed by atoms with Crippen LogP contribution in [0.5, 0.6) is 0 Å². The Bertz CT molecular complexity index is 1270. The van der Waals surface area contributed by atoms with Gasteiger partial charge in [0.15, 0.2) is 11.5 Å². The number of hydrogen-bond donors (Lipinski definition) is 1. The highest BCUT2D eigenvalue weighted by molar-refractivity contribution is 5.89. The number of fused-ring (bicyclic) bond motifs is 3. The first kappa shape index (κ1) is 22.0. The predicted octanol–water partition coefficient (Wildman–Crippen LogP) is 3.66. The number of rotatable bonds is 4. The van der Waals surface area contributed by atoms with Crippen LogP contribution in [0.2, 0.25) is 0 Å². The van der Waals surface area contributed by atoms with E-state index >= 15 is 0 Å². The summed E-state index contributed by atoms with van der Waals surface area (Å²) in [5, 5.41) is 14.9. The molecule has 1 saturated carbocycles. The molecule has 2 aliphatic heterocycles. The molecular formula is C25H28N6O4. The number of ether oxygens (including phenoxy) is 1. The highest BCUT2D eigenvalue weighted by Gasteiger charge is 2.35. The van der Waals surface area contributed by atoms with E-state index in [-0.39, 0.29) is 18.2 Å². The summed E-state index contributed by atoms with van der Waals surface area (Å²) < 4.78 is 8.02. The van der Waals surface area contributed by atoms with Crippen molar-refractivity contribution in [2.24, 2.45) is 0 Å². The van der Waals surface area contributed by atoms with Gasteiger partial charge in [0, 0.05) is 44.2 Å². The van der Waals surface area contributed by atoms with Crippen LogP contribution in [-0.4, -0.2) is 69.1 Å². The lowest BCUT2D eigenvalue weighted by atomic mass is 9.94. The number of aromatic nitrogens is 4. The fourth-order valence-electron chi connectivity index (χ4n) is 5.45. The Labute approximate surface area is 202 Å². The van der Waals surface area contributed by atoms with Crippen molar-refractivity contribution in [2.75, 3.05) is 29.9 Å². The lowest BCUT2D eigenvalue weighted by Crippen LogP contribution is -2.43. The number of carbonyl (C=O) groups excluding carboxylic acids is 1. The minimum atomic E-state index is -1.02. The van der Waals surface area contributed by atoms with Crippen LogP contribution in [0.1, 0.15) is 44.6 Å². The monoisotopic (exact) mass is 476 g/mol. The first-order valence-corrected chi connectivity index (χ1v) is 12.2. The smallest absolute Gasteiger partial charge is 0.411 e. The number of hydrogen-bond acceptors (Lipinski definition) is 7. The average Bonchev–Trinajstić information content (AvgIpc) is 3.45. The van der Waals surface area contributed by atoms with Gasteiger partial charge in [0.05, 0.1) is 29.8 Å². The van der Waals surface area contributed by atoms with Crippen molar-refractivity contribution in [1.29, 1.82) is 0 Å². The van der Waals surface area contributed by atoms with E-state index in [0.29, 0.717) is 30.1 Å². The van der Waals surface area contributed by atoms with Crippen molar-refractivity contribution < 1.29 is 19.4 Å². The first-order valence-electron chi connectivity index (χ1n) is 12.2. The van der Waals surface area contributed by atoms with E-state index in [1.165, 1.54) is 11.9 Å². The van der Waals surface area contributed by atoms with Crippen molar-refractivity contribution >= 4 is 34.4 Å². The van der Waals surface area contributed by atoms with Crippen LogP contribution in [0.25, 0.3) is 22.4 Å². The number of Topliss-reactive ketones (excluding diaryl/α,β-unsaturated/α-hetero) is 1. The van der Waals surface area contributed by atoms with Gasteiger partial charge in [-0.25, -0.2) is 19.4 Å². The van der Waals surface area contributed by atoms with Gasteiger partial charge in [0.25, 0.3) is 0 Å². The van der Waals surface area contributed by atoms with Crippen molar-refractivity contribution in [2.45, 2.75) is 56.8 Å². The second kappa shape index (κ2) is 8.60. The third-order valence-electron chi connectivity index (χ3n) is 7.44. The number of anilines is 2. The molecule has 3 aromatic rings. The molecule has 2 atom stereocenters. The SMILES string of the molecule is CN(C(=O)O)c1ccc(-c2nc(N3CC4CCC(C3)O4)c3cnn(C4CCC(=O)CC4)c3n2)cc1. The predicted molar refractivity (Wildman–Crippen MR) is 130 cm³/mol. The summed E-state index contributed by atoms with van der Waals surface area (Å²) in [6.07, 6.45) is 6.07. The van der Waals surface area contributed by atoms with Crippen molar-refractivity contribution in [3.63, 3.8) is 0 Å². The number of ketones is 1. The van der Waals surface area contributed by atoms with Crippen LogP contribution in [0, 0.1) is 0 Å². The van der Waals surface area contributed by atoms with Gasteiger partial charge in [0.1, 0.15) is 11.6 Å². The van der Waals surface area contributed by atoms with Crippen LogP contribution >= 0.6 is 0 Å². The molecule has 1 N–H and O–H groups in total. The van der Waals surface area contributed by atoms with Crippen LogP contribution in [0.3, 0.4) is 0 Å². The molecule has 1 aromatic carbocycles. The highest BCUT2D eigenvalue weighted by Crippen LogP contribution is 2.36. The molecule has 1 amide bonds. The standard InChI is InChI=1S/C25H28N6O4/c1-29(25(33)34)16-4-2-15(3-5-16)22-27-23(30-13-19-10-11-20(14-30)35-19)21-12-26-31(24(21)28-22)17-6-8-18(32)9-7-17/h2-5,12,17,19-20H,6-11,13-14H2,1H3,(H,33,34). The van der Waals surface area contributed by atoms with E-state index in [1.54, 1.807) is 12.1 Å². The number of carboxylic acid groups (broad SMARTS) is 1. The maximum atomic E-state index is 11.8. The minimum absolute atomic E-state index is 0.133. The third kappa shape index (κ3) is 4.01. The van der Waals surface area contributed by atoms with Gasteiger partial charge in [-0.3, -0.25) is 9.69 Å².